The highest BCUT2D eigenvalue weighted by Crippen LogP contribution is 2.23. The summed E-state index contributed by atoms with van der Waals surface area (Å²) in [5.41, 5.74) is 2.96. The third-order valence-corrected chi connectivity index (χ3v) is 3.45. The molecule has 0 heterocycles. The van der Waals surface area contributed by atoms with E-state index in [-0.39, 0.29) is 5.75 Å². The minimum absolute atomic E-state index is 0.253. The Kier molecular flexibility index (Phi) is 3.79. The fraction of sp³-hybridized carbons (Fsp3) is 0.143. The zero-order valence-electron chi connectivity index (χ0n) is 9.78. The lowest BCUT2D eigenvalue weighted by molar-refractivity contribution is 0.483. The van der Waals surface area contributed by atoms with Gasteiger partial charge in [0.1, 0.15) is 0 Å². The van der Waals surface area contributed by atoms with Gasteiger partial charge in [0.05, 0.1) is 5.75 Å². The molecule has 0 aliphatic carbocycles. The van der Waals surface area contributed by atoms with Gasteiger partial charge in [0, 0.05) is 0 Å². The molecule has 0 fully saturated rings. The summed E-state index contributed by atoms with van der Waals surface area (Å²) in [7, 11) is -3.92. The van der Waals surface area contributed by atoms with Gasteiger partial charge in [-0.1, -0.05) is 54.6 Å². The molecule has 4 heteroatoms. The van der Waals surface area contributed by atoms with Gasteiger partial charge in [-0.3, -0.25) is 4.55 Å². The minimum atomic E-state index is -3.92. The van der Waals surface area contributed by atoms with Crippen molar-refractivity contribution in [3.8, 4) is 11.1 Å². The van der Waals surface area contributed by atoms with Crippen molar-refractivity contribution in [3.63, 3.8) is 0 Å². The van der Waals surface area contributed by atoms with E-state index >= 15 is 0 Å². The van der Waals surface area contributed by atoms with Crippen LogP contribution in [0.3, 0.4) is 0 Å². The molecule has 2 aromatic rings. The molecule has 18 heavy (non-hydrogen) atoms. The summed E-state index contributed by atoms with van der Waals surface area (Å²) in [6, 6.07) is 17.4. The van der Waals surface area contributed by atoms with Gasteiger partial charge in [-0.25, -0.2) is 0 Å². The van der Waals surface area contributed by atoms with Gasteiger partial charge in [0.15, 0.2) is 0 Å². The third-order valence-electron chi connectivity index (χ3n) is 2.73. The molecule has 0 aliphatic heterocycles. The third kappa shape index (κ3) is 3.42. The smallest absolute Gasteiger partial charge is 0.265 e. The maximum Gasteiger partial charge on any atom is 0.265 e. The van der Waals surface area contributed by atoms with Crippen molar-refractivity contribution in [2.45, 2.75) is 6.42 Å². The Hall–Kier alpha value is -1.65. The summed E-state index contributed by atoms with van der Waals surface area (Å²) in [5.74, 6) is -0.253. The fourth-order valence-electron chi connectivity index (χ4n) is 1.88. The summed E-state index contributed by atoms with van der Waals surface area (Å²) in [6.07, 6.45) is 0.309. The quantitative estimate of drug-likeness (QED) is 0.862. The Morgan fingerprint density at radius 1 is 0.889 bits per heavy atom. The van der Waals surface area contributed by atoms with E-state index in [0.717, 1.165) is 16.7 Å². The molecule has 0 aliphatic rings. The highest BCUT2D eigenvalue weighted by Gasteiger charge is 2.09. The monoisotopic (exact) mass is 262 g/mol. The van der Waals surface area contributed by atoms with Crippen molar-refractivity contribution in [2.75, 3.05) is 5.75 Å². The Morgan fingerprint density at radius 2 is 1.50 bits per heavy atom. The minimum Gasteiger partial charge on any atom is -0.286 e. The average Bonchev–Trinajstić information content (AvgIpc) is 2.37. The molecule has 0 radical (unpaired) electrons. The van der Waals surface area contributed by atoms with Crippen LogP contribution in [0.4, 0.5) is 0 Å². The second-order valence-corrected chi connectivity index (χ2v) is 5.63. The van der Waals surface area contributed by atoms with Crippen LogP contribution in [0.15, 0.2) is 54.6 Å². The molecule has 0 aromatic heterocycles. The number of rotatable bonds is 4. The Balaban J connectivity index is 2.32. The van der Waals surface area contributed by atoms with Crippen molar-refractivity contribution < 1.29 is 13.0 Å². The predicted octanol–water partition coefficient (Wildman–Crippen LogP) is 2.78. The summed E-state index contributed by atoms with van der Waals surface area (Å²) in [5, 5.41) is 0. The number of hydrogen-bond donors (Lipinski definition) is 1. The van der Waals surface area contributed by atoms with Crippen molar-refractivity contribution in [3.05, 3.63) is 60.2 Å². The van der Waals surface area contributed by atoms with E-state index in [0.29, 0.717) is 6.42 Å². The molecule has 0 bridgehead atoms. The zero-order chi connectivity index (χ0) is 13.0. The molecule has 0 spiro atoms. The molecule has 0 atom stereocenters. The van der Waals surface area contributed by atoms with Crippen LogP contribution in [0, 0.1) is 0 Å². The van der Waals surface area contributed by atoms with Crippen LogP contribution >= 0.6 is 0 Å². The normalized spacial score (nSPS) is 11.4. The Labute approximate surface area is 107 Å². The topological polar surface area (TPSA) is 54.4 Å². The first-order valence-electron chi connectivity index (χ1n) is 5.65. The highest BCUT2D eigenvalue weighted by atomic mass is 32.2. The van der Waals surface area contributed by atoms with Crippen LogP contribution in [0.25, 0.3) is 11.1 Å². The molecule has 2 rings (SSSR count). The fourth-order valence-corrected chi connectivity index (χ4v) is 2.35. The van der Waals surface area contributed by atoms with Gasteiger partial charge in [0.25, 0.3) is 10.1 Å². The SMILES string of the molecule is O=S(=O)(O)CCc1ccccc1-c1ccccc1. The van der Waals surface area contributed by atoms with Gasteiger partial charge < -0.3 is 0 Å². The van der Waals surface area contributed by atoms with Crippen molar-refractivity contribution in [1.29, 1.82) is 0 Å². The van der Waals surface area contributed by atoms with Gasteiger partial charge in [0.2, 0.25) is 0 Å². The summed E-state index contributed by atoms with van der Waals surface area (Å²) in [4.78, 5) is 0. The Bertz CT molecular complexity index is 618. The largest absolute Gasteiger partial charge is 0.286 e. The molecule has 2 aromatic carbocycles. The van der Waals surface area contributed by atoms with E-state index in [1.165, 1.54) is 0 Å². The van der Waals surface area contributed by atoms with E-state index in [2.05, 4.69) is 0 Å². The predicted molar refractivity (Wildman–Crippen MR) is 72.0 cm³/mol. The summed E-state index contributed by atoms with van der Waals surface area (Å²) >= 11 is 0. The molecular weight excluding hydrogens is 248 g/mol. The number of benzene rings is 2. The molecule has 1 N–H and O–H groups in total. The molecular formula is C14H14O3S. The summed E-state index contributed by atoms with van der Waals surface area (Å²) < 4.78 is 30.4. The lowest BCUT2D eigenvalue weighted by Gasteiger charge is -2.08. The maximum atomic E-state index is 10.8. The van der Waals surface area contributed by atoms with Crippen molar-refractivity contribution >= 4 is 10.1 Å². The van der Waals surface area contributed by atoms with Crippen LogP contribution in [0.1, 0.15) is 5.56 Å². The van der Waals surface area contributed by atoms with Crippen LogP contribution in [-0.2, 0) is 16.5 Å². The number of hydrogen-bond acceptors (Lipinski definition) is 2. The molecule has 0 unspecified atom stereocenters. The van der Waals surface area contributed by atoms with Crippen molar-refractivity contribution in [2.24, 2.45) is 0 Å². The van der Waals surface area contributed by atoms with Gasteiger partial charge in [-0.15, -0.1) is 0 Å². The standard InChI is InChI=1S/C14H14O3S/c15-18(16,17)11-10-13-8-4-5-9-14(13)12-6-2-1-3-7-12/h1-9H,10-11H2,(H,15,16,17). The van der Waals surface area contributed by atoms with Crippen LogP contribution in [0.5, 0.6) is 0 Å². The Morgan fingerprint density at radius 3 is 2.17 bits per heavy atom. The lowest BCUT2D eigenvalue weighted by atomic mass is 9.98. The summed E-state index contributed by atoms with van der Waals surface area (Å²) in [6.45, 7) is 0. The first kappa shape index (κ1) is 12.8. The molecule has 0 saturated heterocycles. The first-order valence-corrected chi connectivity index (χ1v) is 7.26. The van der Waals surface area contributed by atoms with E-state index in [9.17, 15) is 8.42 Å². The van der Waals surface area contributed by atoms with Gasteiger partial charge in [-0.2, -0.15) is 8.42 Å². The van der Waals surface area contributed by atoms with Crippen molar-refractivity contribution in [1.82, 2.24) is 0 Å². The van der Waals surface area contributed by atoms with Crippen LogP contribution in [0.2, 0.25) is 0 Å². The van der Waals surface area contributed by atoms with Crippen LogP contribution in [-0.4, -0.2) is 18.7 Å². The highest BCUT2D eigenvalue weighted by molar-refractivity contribution is 7.85. The molecule has 0 saturated carbocycles. The zero-order valence-corrected chi connectivity index (χ0v) is 10.6. The second-order valence-electron chi connectivity index (χ2n) is 4.06. The van der Waals surface area contributed by atoms with Gasteiger partial charge >= 0.3 is 0 Å². The van der Waals surface area contributed by atoms with Crippen LogP contribution < -0.4 is 0 Å². The number of aryl methyl sites for hydroxylation is 1. The first-order chi connectivity index (χ1) is 8.56. The second kappa shape index (κ2) is 5.33. The molecule has 0 amide bonds. The molecule has 94 valence electrons. The van der Waals surface area contributed by atoms with E-state index in [4.69, 9.17) is 4.55 Å². The molecule has 3 nitrogen and oxygen atoms in total. The maximum absolute atomic E-state index is 10.8. The van der Waals surface area contributed by atoms with E-state index in [1.807, 2.05) is 54.6 Å². The van der Waals surface area contributed by atoms with Gasteiger partial charge in [-0.05, 0) is 23.1 Å². The van der Waals surface area contributed by atoms with E-state index < -0.39 is 10.1 Å². The van der Waals surface area contributed by atoms with E-state index in [1.54, 1.807) is 0 Å². The lowest BCUT2D eigenvalue weighted by Crippen LogP contribution is -2.07. The average molecular weight is 262 g/mol.